The Labute approximate surface area is 294 Å². The lowest BCUT2D eigenvalue weighted by Gasteiger charge is -2.25. The van der Waals surface area contributed by atoms with Crippen molar-refractivity contribution in [2.75, 3.05) is 47.5 Å². The molecule has 0 aromatic heterocycles. The number of quaternary nitrogens is 1. The maximum Gasteiger partial charge on any atom is 0.306 e. The number of carbonyl (C=O) groups is 2. The number of aliphatic hydroxyl groups is 1. The molecule has 0 saturated heterocycles. The zero-order valence-corrected chi connectivity index (χ0v) is 32.4. The number of carbonyl (C=O) groups excluding carboxylic acids is 2. The lowest BCUT2D eigenvalue weighted by atomic mass is 10.1. The highest BCUT2D eigenvalue weighted by atomic mass is 31.2. The van der Waals surface area contributed by atoms with Crippen molar-refractivity contribution >= 4 is 19.8 Å². The Bertz CT molecular complexity index is 758. The second-order valence-electron chi connectivity index (χ2n) is 13.9. The van der Waals surface area contributed by atoms with Gasteiger partial charge in [0.1, 0.15) is 19.8 Å². The predicted octanol–water partition coefficient (Wildman–Crippen LogP) is 7.18. The van der Waals surface area contributed by atoms with E-state index in [1.54, 1.807) is 0 Å². The monoisotopic (exact) mass is 714 g/mol. The maximum absolute atomic E-state index is 12.0. The molecule has 0 aromatic carbocycles. The molecule has 0 aliphatic heterocycles. The van der Waals surface area contributed by atoms with Crippen LogP contribution in [0.3, 0.4) is 0 Å². The minimum Gasteiger partial charge on any atom is -0.756 e. The van der Waals surface area contributed by atoms with Crippen molar-refractivity contribution < 1.29 is 53.0 Å². The molecule has 0 spiro atoms. The molecule has 0 aliphatic carbocycles. The first-order chi connectivity index (χ1) is 22.3. The van der Waals surface area contributed by atoms with Crippen LogP contribution in [0.1, 0.15) is 168 Å². The summed E-state index contributed by atoms with van der Waals surface area (Å²) in [4.78, 5) is 42.2. The second kappa shape index (κ2) is 35.7. The van der Waals surface area contributed by atoms with Gasteiger partial charge in [-0.2, -0.15) is 0 Å². The van der Waals surface area contributed by atoms with Gasteiger partial charge in [0, 0.05) is 12.8 Å². The molecular weight excluding hydrogens is 637 g/mol. The number of rotatable bonds is 32. The number of unbranched alkanes of at least 4 members (excludes halogenated alkanes) is 20. The smallest absolute Gasteiger partial charge is 0.306 e. The third-order valence-electron chi connectivity index (χ3n) is 7.92. The SMILES string of the molecule is CCCCCCCCCCCCCC(=O)OC[C@H](CO)OC(=O)CCCCCCCCCCCCC.C[N+](C)(C)CCOP(=O)([O-])O.O. The van der Waals surface area contributed by atoms with E-state index in [4.69, 9.17) is 14.4 Å². The summed E-state index contributed by atoms with van der Waals surface area (Å²) in [6.07, 6.45) is 27.2. The van der Waals surface area contributed by atoms with Crippen LogP contribution >= 0.6 is 7.82 Å². The van der Waals surface area contributed by atoms with E-state index in [0.717, 1.165) is 38.5 Å². The van der Waals surface area contributed by atoms with Crippen LogP contribution in [-0.4, -0.2) is 85.5 Å². The van der Waals surface area contributed by atoms with E-state index in [9.17, 15) is 24.2 Å². The zero-order valence-electron chi connectivity index (χ0n) is 31.5. The van der Waals surface area contributed by atoms with Gasteiger partial charge < -0.3 is 38.9 Å². The first-order valence-corrected chi connectivity index (χ1v) is 20.3. The molecule has 0 saturated carbocycles. The van der Waals surface area contributed by atoms with Gasteiger partial charge in [-0.05, 0) is 12.8 Å². The van der Waals surface area contributed by atoms with Crippen LogP contribution in [0.5, 0.6) is 0 Å². The van der Waals surface area contributed by atoms with Gasteiger partial charge in [0.2, 0.25) is 0 Å². The number of hydrogen-bond acceptors (Lipinski definition) is 8. The summed E-state index contributed by atoms with van der Waals surface area (Å²) >= 11 is 0. The van der Waals surface area contributed by atoms with Gasteiger partial charge in [-0.3, -0.25) is 14.2 Å². The quantitative estimate of drug-likeness (QED) is 0.0317. The van der Waals surface area contributed by atoms with E-state index >= 15 is 0 Å². The topological polar surface area (TPSA) is 174 Å². The third-order valence-corrected chi connectivity index (χ3v) is 8.43. The Morgan fingerprint density at radius 1 is 0.667 bits per heavy atom. The van der Waals surface area contributed by atoms with Crippen molar-refractivity contribution in [1.29, 1.82) is 0 Å². The Morgan fingerprint density at radius 3 is 1.35 bits per heavy atom. The molecule has 12 heteroatoms. The van der Waals surface area contributed by atoms with E-state index in [-0.39, 0.29) is 37.2 Å². The average Bonchev–Trinajstić information content (AvgIpc) is 2.99. The number of likely N-dealkylation sites (N-methyl/N-ethyl adjacent to an activating group) is 1. The van der Waals surface area contributed by atoms with Gasteiger partial charge >= 0.3 is 11.9 Å². The molecule has 0 heterocycles. The van der Waals surface area contributed by atoms with Gasteiger partial charge in [0.25, 0.3) is 7.82 Å². The minimum absolute atomic E-state index is 0. The molecule has 4 N–H and O–H groups in total. The Balaban J connectivity index is -0.00000143. The summed E-state index contributed by atoms with van der Waals surface area (Å²) < 4.78 is 25.3. The van der Waals surface area contributed by atoms with Crippen LogP contribution in [-0.2, 0) is 28.2 Å². The minimum atomic E-state index is -4.51. The van der Waals surface area contributed by atoms with E-state index in [2.05, 4.69) is 18.4 Å². The molecule has 1 unspecified atom stereocenters. The zero-order chi connectivity index (χ0) is 35.7. The number of phosphoric ester groups is 1. The molecular formula is C36H76NO10P. The fraction of sp³-hybridized carbons (Fsp3) is 0.944. The van der Waals surface area contributed by atoms with E-state index in [1.165, 1.54) is 103 Å². The van der Waals surface area contributed by atoms with Gasteiger partial charge in [-0.1, -0.05) is 142 Å². The molecule has 0 radical (unpaired) electrons. The maximum atomic E-state index is 12.0. The van der Waals surface area contributed by atoms with Crippen LogP contribution in [0.15, 0.2) is 0 Å². The fourth-order valence-electron chi connectivity index (χ4n) is 4.92. The van der Waals surface area contributed by atoms with Crippen LogP contribution in [0, 0.1) is 0 Å². The molecule has 11 nitrogen and oxygen atoms in total. The first kappa shape index (κ1) is 51.3. The molecule has 0 bridgehead atoms. The van der Waals surface area contributed by atoms with Crippen LogP contribution < -0.4 is 4.89 Å². The third kappa shape index (κ3) is 44.9. The highest BCUT2D eigenvalue weighted by Gasteiger charge is 2.16. The molecule has 0 aliphatic rings. The van der Waals surface area contributed by atoms with Crippen molar-refractivity contribution in [2.45, 2.75) is 174 Å². The summed E-state index contributed by atoms with van der Waals surface area (Å²) in [7, 11) is 1.19. The highest BCUT2D eigenvalue weighted by Crippen LogP contribution is 2.29. The molecule has 0 aromatic rings. The number of aliphatic hydroxyl groups excluding tert-OH is 1. The van der Waals surface area contributed by atoms with Crippen molar-refractivity contribution in [2.24, 2.45) is 0 Å². The number of ether oxygens (including phenoxy) is 2. The summed E-state index contributed by atoms with van der Waals surface area (Å²) in [5.41, 5.74) is 0. The van der Waals surface area contributed by atoms with E-state index in [0.29, 0.717) is 23.9 Å². The van der Waals surface area contributed by atoms with Gasteiger partial charge in [-0.25, -0.2) is 0 Å². The largest absolute Gasteiger partial charge is 0.756 e. The first-order valence-electron chi connectivity index (χ1n) is 18.8. The molecule has 0 fully saturated rings. The van der Waals surface area contributed by atoms with Crippen LogP contribution in [0.4, 0.5) is 0 Å². The molecule has 2 atom stereocenters. The molecule has 48 heavy (non-hydrogen) atoms. The van der Waals surface area contributed by atoms with E-state index < -0.39 is 13.9 Å². The Kier molecular flexibility index (Phi) is 38.2. The van der Waals surface area contributed by atoms with Crippen molar-refractivity contribution in [3.63, 3.8) is 0 Å². The lowest BCUT2D eigenvalue weighted by Crippen LogP contribution is -2.37. The van der Waals surface area contributed by atoms with Gasteiger partial charge in [0.15, 0.2) is 6.10 Å². The van der Waals surface area contributed by atoms with Crippen LogP contribution in [0.2, 0.25) is 0 Å². The Hall–Kier alpha value is -1.07. The number of hydrogen-bond donors (Lipinski definition) is 2. The predicted molar refractivity (Wildman–Crippen MR) is 192 cm³/mol. The van der Waals surface area contributed by atoms with Gasteiger partial charge in [-0.15, -0.1) is 0 Å². The number of esters is 2. The van der Waals surface area contributed by atoms with Crippen molar-refractivity contribution in [3.05, 3.63) is 0 Å². The number of nitrogens with zero attached hydrogens (tertiary/aromatic N) is 1. The summed E-state index contributed by atoms with van der Waals surface area (Å²) in [6, 6.07) is 0. The summed E-state index contributed by atoms with van der Waals surface area (Å²) in [5.74, 6) is -0.586. The van der Waals surface area contributed by atoms with Gasteiger partial charge in [0.05, 0.1) is 27.7 Å². The Morgan fingerprint density at radius 2 is 1.02 bits per heavy atom. The van der Waals surface area contributed by atoms with E-state index in [1.807, 2.05) is 21.1 Å². The molecule has 0 amide bonds. The second-order valence-corrected chi connectivity index (χ2v) is 15.1. The molecule has 290 valence electrons. The standard InChI is InChI=1S/C31H60O5.C5H14NO4P.H2O/c1-3-5-7-9-11-13-15-17-19-21-23-25-30(33)35-28-29(27-32)36-31(34)26-24-22-20-18-16-14-12-10-8-6-4-2;1-6(2,3)4-5-10-11(7,8)9;/h29,32H,3-28H2,1-2H3;4-5H2,1-3H3,(H-,7,8,9);1H2/t29-;;/m0../s1. The normalized spacial score (nSPS) is 13.1. The van der Waals surface area contributed by atoms with Crippen molar-refractivity contribution in [1.82, 2.24) is 0 Å². The molecule has 0 rings (SSSR count). The highest BCUT2D eigenvalue weighted by molar-refractivity contribution is 7.44. The number of phosphoric acid groups is 1. The fourth-order valence-corrected chi connectivity index (χ4v) is 5.24. The van der Waals surface area contributed by atoms with Crippen molar-refractivity contribution in [3.8, 4) is 0 Å². The summed E-state index contributed by atoms with van der Waals surface area (Å²) in [6.45, 7) is 4.66. The lowest BCUT2D eigenvalue weighted by molar-refractivity contribution is -0.870. The average molecular weight is 714 g/mol. The van der Waals surface area contributed by atoms with Crippen LogP contribution in [0.25, 0.3) is 0 Å². The summed E-state index contributed by atoms with van der Waals surface area (Å²) in [5, 5.41) is 9.46.